The molecule has 0 heterocycles. The van der Waals surface area contributed by atoms with Crippen LogP contribution >= 0.6 is 24.0 Å². The molecule has 0 atom stereocenters. The summed E-state index contributed by atoms with van der Waals surface area (Å²) in [6.07, 6.45) is 6.35. The topological polar surface area (TPSA) is 66.0 Å². The van der Waals surface area contributed by atoms with Gasteiger partial charge in [-0.05, 0) is 30.5 Å². The molecule has 1 fully saturated rings. The fourth-order valence-electron chi connectivity index (χ4n) is 2.84. The number of aliphatic imine (C=N–C) groups is 1. The van der Waals surface area contributed by atoms with E-state index in [1.54, 1.807) is 21.1 Å². The molecule has 0 saturated heterocycles. The zero-order chi connectivity index (χ0) is 18.1. The van der Waals surface area contributed by atoms with Gasteiger partial charge in [-0.3, -0.25) is 9.79 Å². The molecular formula is C19H31IN4O2. The molecule has 0 aliphatic heterocycles. The Kier molecular flexibility index (Phi) is 10.4. The molecule has 2 rings (SSSR count). The lowest BCUT2D eigenvalue weighted by Gasteiger charge is -2.24. The molecule has 0 unspecified atom stereocenters. The van der Waals surface area contributed by atoms with E-state index in [9.17, 15) is 4.79 Å². The highest BCUT2D eigenvalue weighted by atomic mass is 127. The fraction of sp³-hybridized carbons (Fsp3) is 0.579. The molecule has 0 spiro atoms. The van der Waals surface area contributed by atoms with Crippen LogP contribution < -0.4 is 15.4 Å². The van der Waals surface area contributed by atoms with Crippen molar-refractivity contribution in [3.05, 3.63) is 29.8 Å². The van der Waals surface area contributed by atoms with E-state index in [4.69, 9.17) is 4.74 Å². The van der Waals surface area contributed by atoms with Crippen molar-refractivity contribution in [2.24, 2.45) is 4.99 Å². The lowest BCUT2D eigenvalue weighted by Crippen LogP contribution is -2.43. The number of benzene rings is 1. The van der Waals surface area contributed by atoms with Gasteiger partial charge in [0, 0.05) is 33.7 Å². The minimum atomic E-state index is -0.0550. The molecule has 1 aromatic carbocycles. The van der Waals surface area contributed by atoms with Crippen LogP contribution in [0.4, 0.5) is 0 Å². The van der Waals surface area contributed by atoms with Crippen LogP contribution in [0.15, 0.2) is 29.3 Å². The average molecular weight is 474 g/mol. The van der Waals surface area contributed by atoms with Gasteiger partial charge in [0.15, 0.2) is 12.6 Å². The van der Waals surface area contributed by atoms with E-state index in [2.05, 4.69) is 15.6 Å². The highest BCUT2D eigenvalue weighted by molar-refractivity contribution is 14.0. The predicted octanol–water partition coefficient (Wildman–Crippen LogP) is 2.77. The minimum Gasteiger partial charge on any atom is -0.484 e. The number of carbonyl (C=O) groups excluding carboxylic acids is 1. The van der Waals surface area contributed by atoms with Gasteiger partial charge in [-0.2, -0.15) is 0 Å². The maximum Gasteiger partial charge on any atom is 0.259 e. The second-order valence-corrected chi connectivity index (χ2v) is 6.63. The summed E-state index contributed by atoms with van der Waals surface area (Å²) < 4.78 is 5.56. The van der Waals surface area contributed by atoms with Crippen LogP contribution in [0.2, 0.25) is 0 Å². The summed E-state index contributed by atoms with van der Waals surface area (Å²) in [6.45, 7) is 0.708. The number of hydrogen-bond donors (Lipinski definition) is 2. The van der Waals surface area contributed by atoms with Crippen molar-refractivity contribution in [3.8, 4) is 5.75 Å². The van der Waals surface area contributed by atoms with E-state index in [1.165, 1.54) is 37.0 Å². The van der Waals surface area contributed by atoms with E-state index >= 15 is 0 Å². The molecule has 1 saturated carbocycles. The van der Waals surface area contributed by atoms with Gasteiger partial charge in [0.2, 0.25) is 0 Å². The molecule has 1 aliphatic carbocycles. The third-order valence-electron chi connectivity index (χ3n) is 4.39. The van der Waals surface area contributed by atoms with E-state index in [-0.39, 0.29) is 36.5 Å². The lowest BCUT2D eigenvalue weighted by atomic mass is 9.96. The number of ether oxygens (including phenoxy) is 1. The van der Waals surface area contributed by atoms with Gasteiger partial charge in [0.1, 0.15) is 5.75 Å². The van der Waals surface area contributed by atoms with Crippen LogP contribution in [0.5, 0.6) is 5.75 Å². The Labute approximate surface area is 173 Å². The minimum absolute atomic E-state index is 0. The summed E-state index contributed by atoms with van der Waals surface area (Å²) >= 11 is 0. The molecule has 0 aromatic heterocycles. The normalized spacial score (nSPS) is 15.0. The summed E-state index contributed by atoms with van der Waals surface area (Å²) in [4.78, 5) is 17.4. The summed E-state index contributed by atoms with van der Waals surface area (Å²) in [5.74, 6) is 1.48. The van der Waals surface area contributed by atoms with Crippen molar-refractivity contribution in [2.45, 2.75) is 44.7 Å². The van der Waals surface area contributed by atoms with Crippen LogP contribution in [0.1, 0.15) is 37.7 Å². The van der Waals surface area contributed by atoms with Crippen molar-refractivity contribution >= 4 is 35.8 Å². The quantitative estimate of drug-likeness (QED) is 0.378. The molecule has 1 amide bonds. The maximum absolute atomic E-state index is 11.6. The van der Waals surface area contributed by atoms with Crippen LogP contribution in [0.3, 0.4) is 0 Å². The second kappa shape index (κ2) is 12.0. The molecule has 26 heavy (non-hydrogen) atoms. The van der Waals surface area contributed by atoms with Crippen molar-refractivity contribution in [1.82, 2.24) is 15.5 Å². The zero-order valence-electron chi connectivity index (χ0n) is 16.0. The predicted molar refractivity (Wildman–Crippen MR) is 116 cm³/mol. The van der Waals surface area contributed by atoms with E-state index in [0.29, 0.717) is 18.3 Å². The summed E-state index contributed by atoms with van der Waals surface area (Å²) in [5, 5.41) is 6.85. The Morgan fingerprint density at radius 1 is 1.27 bits per heavy atom. The van der Waals surface area contributed by atoms with E-state index < -0.39 is 0 Å². The van der Waals surface area contributed by atoms with Crippen molar-refractivity contribution in [1.29, 1.82) is 0 Å². The number of guanidine groups is 1. The number of halogens is 1. The molecule has 0 bridgehead atoms. The zero-order valence-corrected chi connectivity index (χ0v) is 18.3. The fourth-order valence-corrected chi connectivity index (χ4v) is 2.84. The van der Waals surface area contributed by atoms with Gasteiger partial charge in [0.05, 0.1) is 0 Å². The summed E-state index contributed by atoms with van der Waals surface area (Å²) in [6, 6.07) is 8.29. The van der Waals surface area contributed by atoms with Crippen molar-refractivity contribution < 1.29 is 9.53 Å². The molecule has 0 radical (unpaired) electrons. The number of amides is 1. The number of likely N-dealkylation sites (N-methyl/N-ethyl adjacent to an activating group) is 1. The van der Waals surface area contributed by atoms with Gasteiger partial charge in [-0.25, -0.2) is 0 Å². The standard InChI is InChI=1S/C19H30N4O2.HI/c1-20-19(22-16-9-5-4-6-10-16)21-13-15-8-7-11-17(12-15)25-14-18(24)23(2)3;/h7-8,11-12,16H,4-6,9-10,13-14H2,1-3H3,(H2,20,21,22);1H. The first-order valence-electron chi connectivity index (χ1n) is 8.97. The number of rotatable bonds is 6. The second-order valence-electron chi connectivity index (χ2n) is 6.63. The Hall–Kier alpha value is -1.51. The summed E-state index contributed by atoms with van der Waals surface area (Å²) in [5.41, 5.74) is 1.08. The van der Waals surface area contributed by atoms with Gasteiger partial charge in [0.25, 0.3) is 5.91 Å². The van der Waals surface area contributed by atoms with Crippen LogP contribution in [-0.2, 0) is 11.3 Å². The van der Waals surface area contributed by atoms with Gasteiger partial charge >= 0.3 is 0 Å². The first kappa shape index (κ1) is 22.5. The monoisotopic (exact) mass is 474 g/mol. The highest BCUT2D eigenvalue weighted by Gasteiger charge is 2.14. The molecule has 7 heteroatoms. The Balaban J connectivity index is 0.00000338. The number of nitrogens with one attached hydrogen (secondary N) is 2. The molecular weight excluding hydrogens is 443 g/mol. The van der Waals surface area contributed by atoms with Crippen molar-refractivity contribution in [3.63, 3.8) is 0 Å². The van der Waals surface area contributed by atoms with Gasteiger partial charge in [-0.15, -0.1) is 24.0 Å². The van der Waals surface area contributed by atoms with Gasteiger partial charge in [-0.1, -0.05) is 31.4 Å². The largest absolute Gasteiger partial charge is 0.484 e. The highest BCUT2D eigenvalue weighted by Crippen LogP contribution is 2.17. The number of carbonyl (C=O) groups is 1. The van der Waals surface area contributed by atoms with Gasteiger partial charge < -0.3 is 20.3 Å². The molecule has 1 aromatic rings. The van der Waals surface area contributed by atoms with Crippen LogP contribution in [0.25, 0.3) is 0 Å². The first-order valence-corrected chi connectivity index (χ1v) is 8.97. The van der Waals surface area contributed by atoms with Crippen LogP contribution in [0, 0.1) is 0 Å². The Bertz CT molecular complexity index is 587. The third kappa shape index (κ3) is 7.80. The molecule has 2 N–H and O–H groups in total. The average Bonchev–Trinajstić information content (AvgIpc) is 2.64. The molecule has 146 valence electrons. The van der Waals surface area contributed by atoms with E-state index in [1.807, 2.05) is 24.3 Å². The van der Waals surface area contributed by atoms with E-state index in [0.717, 1.165) is 11.5 Å². The SMILES string of the molecule is CN=C(NCc1cccc(OCC(=O)N(C)C)c1)NC1CCCCC1.I. The van der Waals surface area contributed by atoms with Crippen LogP contribution in [-0.4, -0.2) is 50.6 Å². The molecule has 1 aliphatic rings. The van der Waals surface area contributed by atoms with Crippen molar-refractivity contribution in [2.75, 3.05) is 27.7 Å². The number of nitrogens with zero attached hydrogens (tertiary/aromatic N) is 2. The maximum atomic E-state index is 11.6. The number of hydrogen-bond acceptors (Lipinski definition) is 3. The Morgan fingerprint density at radius 3 is 2.65 bits per heavy atom. The summed E-state index contributed by atoms with van der Waals surface area (Å²) in [7, 11) is 5.23. The first-order chi connectivity index (χ1) is 12.1. The third-order valence-corrected chi connectivity index (χ3v) is 4.39. The smallest absolute Gasteiger partial charge is 0.259 e. The Morgan fingerprint density at radius 2 is 2.00 bits per heavy atom. The molecule has 6 nitrogen and oxygen atoms in total. The lowest BCUT2D eigenvalue weighted by molar-refractivity contribution is -0.130.